The van der Waals surface area contributed by atoms with Gasteiger partial charge < -0.3 is 43.4 Å². The Kier molecular flexibility index (Phi) is 14.5. The molecule has 2 atom stereocenters. The van der Waals surface area contributed by atoms with Gasteiger partial charge in [-0.3, -0.25) is 0 Å². The van der Waals surface area contributed by atoms with Crippen LogP contribution in [0.4, 0.5) is 0 Å². The summed E-state index contributed by atoms with van der Waals surface area (Å²) in [5, 5.41) is 17.7. The molecule has 272 valence electrons. The molecule has 2 aliphatic heterocycles. The molecule has 2 fully saturated rings. The predicted octanol–water partition coefficient (Wildman–Crippen LogP) is 6.45. The van der Waals surface area contributed by atoms with Crippen LogP contribution in [-0.2, 0) is 41.6 Å². The minimum absolute atomic E-state index is 0.0451. The van der Waals surface area contributed by atoms with Gasteiger partial charge in [0, 0.05) is 0 Å². The molecule has 0 spiro atoms. The first-order valence-corrected chi connectivity index (χ1v) is 16.6. The maximum absolute atomic E-state index is 12.1. The number of rotatable bonds is 10. The Bertz CT molecular complexity index is 1620. The predicted molar refractivity (Wildman–Crippen MR) is 188 cm³/mol. The monoisotopic (exact) mass is 702 g/mol. The summed E-state index contributed by atoms with van der Waals surface area (Å²) < 4.78 is 37.7. The van der Waals surface area contributed by atoms with E-state index < -0.39 is 17.5 Å². The van der Waals surface area contributed by atoms with Crippen LogP contribution >= 0.6 is 0 Å². The molecule has 0 saturated carbocycles. The van der Waals surface area contributed by atoms with Gasteiger partial charge in [-0.15, -0.1) is 0 Å². The van der Waals surface area contributed by atoms with Gasteiger partial charge in [0.25, 0.3) is 0 Å². The second-order valence-corrected chi connectivity index (χ2v) is 12.6. The third-order valence-electron chi connectivity index (χ3n) is 7.39. The number of carbonyl (C=O) groups excluding carboxylic acids is 2. The fourth-order valence-corrected chi connectivity index (χ4v) is 4.79. The number of phenolic OH excluding ortho intramolecular Hbond substituents is 1. The quantitative estimate of drug-likeness (QED) is 0.176. The molecule has 0 amide bonds. The van der Waals surface area contributed by atoms with Crippen molar-refractivity contribution >= 4 is 11.9 Å². The molecule has 11 heteroatoms. The third kappa shape index (κ3) is 13.8. The molecule has 2 saturated heterocycles. The first-order valence-electron chi connectivity index (χ1n) is 16.6. The van der Waals surface area contributed by atoms with Gasteiger partial charge in [-0.05, 0) is 87.4 Å². The number of ether oxygens (including phenoxy) is 7. The lowest BCUT2D eigenvalue weighted by Crippen LogP contribution is -2.25. The Hall–Kier alpha value is -4.78. The fourth-order valence-electron chi connectivity index (χ4n) is 4.79. The third-order valence-corrected chi connectivity index (χ3v) is 7.39. The SMILES string of the molecule is CC1(C)OC[C@@H](CO)O1.CC1(C)OC[C@@H](COc2ccc(C(=O)OCc3ccccc3)cc2)O1.O=C(OCc1ccccc1)c1ccc(O)cc1. The summed E-state index contributed by atoms with van der Waals surface area (Å²) in [6, 6.07) is 31.9. The summed E-state index contributed by atoms with van der Waals surface area (Å²) in [4.78, 5) is 23.7. The van der Waals surface area contributed by atoms with E-state index in [4.69, 9.17) is 43.4 Å². The number of hydrogen-bond acceptors (Lipinski definition) is 11. The average molecular weight is 703 g/mol. The van der Waals surface area contributed by atoms with E-state index in [1.54, 1.807) is 24.3 Å². The first-order chi connectivity index (χ1) is 24.4. The molecule has 0 aromatic heterocycles. The summed E-state index contributed by atoms with van der Waals surface area (Å²) in [7, 11) is 0. The molecule has 2 N–H and O–H groups in total. The van der Waals surface area contributed by atoms with Crippen molar-refractivity contribution in [2.24, 2.45) is 0 Å². The van der Waals surface area contributed by atoms with E-state index in [9.17, 15) is 9.59 Å². The van der Waals surface area contributed by atoms with Crippen molar-refractivity contribution in [2.45, 2.75) is 64.7 Å². The van der Waals surface area contributed by atoms with E-state index in [1.807, 2.05) is 88.4 Å². The minimum atomic E-state index is -0.555. The molecular formula is C40H46O11. The molecule has 4 aromatic rings. The summed E-state index contributed by atoms with van der Waals surface area (Å²) >= 11 is 0. The van der Waals surface area contributed by atoms with Crippen LogP contribution in [0.25, 0.3) is 0 Å². The summed E-state index contributed by atoms with van der Waals surface area (Å²) in [6.45, 7) is 9.40. The highest BCUT2D eigenvalue weighted by molar-refractivity contribution is 5.90. The van der Waals surface area contributed by atoms with Crippen molar-refractivity contribution < 1.29 is 53.0 Å². The second kappa shape index (κ2) is 19.0. The molecule has 2 heterocycles. The topological polar surface area (TPSA) is 139 Å². The first kappa shape index (κ1) is 39.0. The maximum Gasteiger partial charge on any atom is 0.338 e. The lowest BCUT2D eigenvalue weighted by molar-refractivity contribution is -0.142. The summed E-state index contributed by atoms with van der Waals surface area (Å²) in [5.41, 5.74) is 2.82. The zero-order valence-electron chi connectivity index (χ0n) is 29.4. The van der Waals surface area contributed by atoms with Crippen LogP contribution in [0.15, 0.2) is 109 Å². The number of carbonyl (C=O) groups is 2. The van der Waals surface area contributed by atoms with Gasteiger partial charge in [0.05, 0.1) is 30.9 Å². The van der Waals surface area contributed by atoms with Crippen LogP contribution < -0.4 is 4.74 Å². The van der Waals surface area contributed by atoms with Crippen molar-refractivity contribution in [3.63, 3.8) is 0 Å². The Balaban J connectivity index is 0.000000192. The van der Waals surface area contributed by atoms with E-state index in [1.165, 1.54) is 24.3 Å². The van der Waals surface area contributed by atoms with Gasteiger partial charge in [0.15, 0.2) is 11.6 Å². The van der Waals surface area contributed by atoms with Crippen LogP contribution in [0.1, 0.15) is 59.5 Å². The highest BCUT2D eigenvalue weighted by atomic mass is 16.8. The highest BCUT2D eigenvalue weighted by Gasteiger charge is 2.33. The molecular weight excluding hydrogens is 656 g/mol. The van der Waals surface area contributed by atoms with Crippen LogP contribution in [0, 0.1) is 0 Å². The Morgan fingerprint density at radius 3 is 1.47 bits per heavy atom. The van der Waals surface area contributed by atoms with Crippen LogP contribution in [-0.4, -0.2) is 72.4 Å². The van der Waals surface area contributed by atoms with Crippen molar-refractivity contribution in [3.05, 3.63) is 131 Å². The number of aliphatic hydroxyl groups is 1. The van der Waals surface area contributed by atoms with E-state index in [-0.39, 0.29) is 43.7 Å². The molecule has 2 aliphatic rings. The standard InChI is InChI=1S/C20H22O5.C14H12O3.C6H12O3/c1-20(2)24-14-18(25-20)13-22-17-10-8-16(9-11-17)19(21)23-12-15-6-4-3-5-7-15;15-13-8-6-12(7-9-13)14(16)17-10-11-4-2-1-3-5-11;1-6(2)8-4-5(3-7)9-6/h3-11,18H,12-14H2,1-2H3;1-9,15H,10H2;5,7H,3-4H2,1-2H3/t18-;;5-/m1.1/s1. The van der Waals surface area contributed by atoms with Gasteiger partial charge in [-0.1, -0.05) is 60.7 Å². The lowest BCUT2D eigenvalue weighted by atomic mass is 10.2. The Labute approximate surface area is 298 Å². The molecule has 4 aromatic carbocycles. The molecule has 0 bridgehead atoms. The second-order valence-electron chi connectivity index (χ2n) is 12.6. The largest absolute Gasteiger partial charge is 0.508 e. The normalized spacial score (nSPS) is 18.3. The maximum atomic E-state index is 12.1. The van der Waals surface area contributed by atoms with Crippen LogP contribution in [0.3, 0.4) is 0 Å². The number of aliphatic hydroxyl groups excluding tert-OH is 1. The molecule has 0 aliphatic carbocycles. The molecule has 0 unspecified atom stereocenters. The van der Waals surface area contributed by atoms with Crippen molar-refractivity contribution in [2.75, 3.05) is 26.4 Å². The van der Waals surface area contributed by atoms with E-state index >= 15 is 0 Å². The Morgan fingerprint density at radius 1 is 0.647 bits per heavy atom. The van der Waals surface area contributed by atoms with Gasteiger partial charge in [0.1, 0.15) is 43.5 Å². The number of benzene rings is 4. The zero-order valence-corrected chi connectivity index (χ0v) is 29.4. The van der Waals surface area contributed by atoms with Gasteiger partial charge in [-0.25, -0.2) is 9.59 Å². The van der Waals surface area contributed by atoms with Gasteiger partial charge >= 0.3 is 11.9 Å². The number of esters is 2. The molecule has 6 rings (SSSR count). The zero-order chi connectivity index (χ0) is 36.7. The molecule has 51 heavy (non-hydrogen) atoms. The highest BCUT2D eigenvalue weighted by Crippen LogP contribution is 2.24. The van der Waals surface area contributed by atoms with Crippen LogP contribution in [0.2, 0.25) is 0 Å². The molecule has 11 nitrogen and oxygen atoms in total. The van der Waals surface area contributed by atoms with E-state index in [0.717, 1.165) is 11.1 Å². The fraction of sp³-hybridized carbons (Fsp3) is 0.350. The van der Waals surface area contributed by atoms with Crippen molar-refractivity contribution in [3.8, 4) is 11.5 Å². The van der Waals surface area contributed by atoms with E-state index in [0.29, 0.717) is 36.7 Å². The molecule has 0 radical (unpaired) electrons. The smallest absolute Gasteiger partial charge is 0.338 e. The van der Waals surface area contributed by atoms with Gasteiger partial charge in [0.2, 0.25) is 0 Å². The number of phenols is 1. The Morgan fingerprint density at radius 2 is 1.08 bits per heavy atom. The van der Waals surface area contributed by atoms with E-state index in [2.05, 4.69) is 0 Å². The lowest BCUT2D eigenvalue weighted by Gasteiger charge is -2.17. The number of hydrogen-bond donors (Lipinski definition) is 2. The van der Waals surface area contributed by atoms with Gasteiger partial charge in [-0.2, -0.15) is 0 Å². The minimum Gasteiger partial charge on any atom is -0.508 e. The average Bonchev–Trinajstić information content (AvgIpc) is 3.69. The number of aromatic hydroxyl groups is 1. The van der Waals surface area contributed by atoms with Crippen molar-refractivity contribution in [1.29, 1.82) is 0 Å². The summed E-state index contributed by atoms with van der Waals surface area (Å²) in [5.74, 6) is -0.996. The van der Waals surface area contributed by atoms with Crippen LogP contribution in [0.5, 0.6) is 11.5 Å². The summed E-state index contributed by atoms with van der Waals surface area (Å²) in [6.07, 6.45) is -0.217. The van der Waals surface area contributed by atoms with Crippen molar-refractivity contribution in [1.82, 2.24) is 0 Å².